The quantitative estimate of drug-likeness (QED) is 0.351. The van der Waals surface area contributed by atoms with E-state index in [1.165, 1.54) is 0 Å². The predicted octanol–water partition coefficient (Wildman–Crippen LogP) is 2.22. The fraction of sp³-hybridized carbons (Fsp3) is 0.318. The van der Waals surface area contributed by atoms with E-state index in [1.807, 2.05) is 50.2 Å². The number of para-hydroxylation sites is 2. The number of nitrogens with zero attached hydrogens (tertiary/aromatic N) is 2. The molecule has 2 amide bonds. The van der Waals surface area contributed by atoms with Crippen molar-refractivity contribution >= 4 is 23.7 Å². The van der Waals surface area contributed by atoms with E-state index in [0.717, 1.165) is 35.6 Å². The SMILES string of the molecule is C#N.CCN(CC)CC(=O)Nc1c(C)cccc1C.O=[C]Nc1ccccc1.O=[NH+][O-]. The summed E-state index contributed by atoms with van der Waals surface area (Å²) in [7, 11) is 0. The highest BCUT2D eigenvalue weighted by Gasteiger charge is 2.09. The zero-order valence-electron chi connectivity index (χ0n) is 18.3. The van der Waals surface area contributed by atoms with Crippen LogP contribution in [0.4, 0.5) is 11.4 Å². The number of nitrogens with one attached hydrogen (secondary N) is 3. The molecule has 3 N–H and O–H groups in total. The number of carbonyl (C=O) groups excluding carboxylic acids is 2. The van der Waals surface area contributed by atoms with Gasteiger partial charge in [0.1, 0.15) is 0 Å². The lowest BCUT2D eigenvalue weighted by Crippen LogP contribution is -2.53. The van der Waals surface area contributed by atoms with Crippen molar-refractivity contribution in [2.75, 3.05) is 30.3 Å². The summed E-state index contributed by atoms with van der Waals surface area (Å²) in [5, 5.41) is 20.3. The molecule has 2 aromatic rings. The van der Waals surface area contributed by atoms with Gasteiger partial charge in [-0.25, -0.2) is 5.26 Å². The van der Waals surface area contributed by atoms with Crippen LogP contribution in [-0.4, -0.2) is 36.9 Å². The van der Waals surface area contributed by atoms with E-state index in [0.29, 0.717) is 6.54 Å². The van der Waals surface area contributed by atoms with Crippen molar-refractivity contribution in [3.8, 4) is 6.57 Å². The molecule has 0 aliphatic carbocycles. The molecule has 0 aliphatic rings. The van der Waals surface area contributed by atoms with Gasteiger partial charge < -0.3 is 10.6 Å². The van der Waals surface area contributed by atoms with Crippen molar-refractivity contribution in [2.24, 2.45) is 0 Å². The van der Waals surface area contributed by atoms with E-state index in [9.17, 15) is 9.59 Å². The number of amides is 2. The van der Waals surface area contributed by atoms with Crippen LogP contribution in [-0.2, 0) is 9.59 Å². The number of hydrogen-bond donors (Lipinski definition) is 3. The molecule has 9 nitrogen and oxygen atoms in total. The number of anilines is 2. The molecule has 0 aliphatic heterocycles. The van der Waals surface area contributed by atoms with Gasteiger partial charge in [0.2, 0.25) is 5.91 Å². The third kappa shape index (κ3) is 13.9. The van der Waals surface area contributed by atoms with Gasteiger partial charge in [-0.05, 0) is 50.2 Å². The maximum absolute atomic E-state index is 11.9. The van der Waals surface area contributed by atoms with Crippen LogP contribution in [0, 0.1) is 35.8 Å². The molecule has 0 atom stereocenters. The number of nitriles is 1. The van der Waals surface area contributed by atoms with Crippen LogP contribution in [0.1, 0.15) is 25.0 Å². The number of hydrogen-bond acceptors (Lipinski definition) is 6. The van der Waals surface area contributed by atoms with E-state index < -0.39 is 0 Å². The largest absolute Gasteiger partial charge is 0.324 e. The Morgan fingerprint density at radius 1 is 1.06 bits per heavy atom. The lowest BCUT2D eigenvalue weighted by molar-refractivity contribution is -0.398. The number of rotatable bonds is 7. The maximum Gasteiger partial charge on any atom is 0.314 e. The highest BCUT2D eigenvalue weighted by atomic mass is 16.6. The number of aryl methyl sites for hydroxylation is 2. The smallest absolute Gasteiger partial charge is 0.314 e. The molecule has 1 radical (unpaired) electrons. The third-order valence-electron chi connectivity index (χ3n) is 3.98. The van der Waals surface area contributed by atoms with Crippen molar-refractivity contribution in [3.05, 3.63) is 69.8 Å². The number of benzene rings is 2. The van der Waals surface area contributed by atoms with Crippen LogP contribution in [0.5, 0.6) is 0 Å². The molecular weight excluding hydrogens is 398 g/mol. The Morgan fingerprint density at radius 3 is 1.97 bits per heavy atom. The standard InChI is InChI=1S/C14H22N2O.C7H6NO.CHN.HNO2/c1-5-16(6-2)10-13(17)15-14-11(3)8-7-9-12(14)4;9-6-8-7-4-2-1-3-5-7;1-2;2-1-3/h7-9H,5-6,10H2,1-4H3,(H,15,17);1-5H,(H,8,9);1H;1H. The molecular formula is C22H30N5O4. The Bertz CT molecular complexity index is 758. The molecule has 0 aromatic heterocycles. The van der Waals surface area contributed by atoms with Gasteiger partial charge in [0, 0.05) is 23.3 Å². The molecule has 0 saturated heterocycles. The van der Waals surface area contributed by atoms with Crippen LogP contribution in [0.2, 0.25) is 0 Å². The van der Waals surface area contributed by atoms with Crippen LogP contribution < -0.4 is 16.0 Å². The van der Waals surface area contributed by atoms with Gasteiger partial charge in [-0.1, -0.05) is 50.2 Å². The molecule has 31 heavy (non-hydrogen) atoms. The van der Waals surface area contributed by atoms with Gasteiger partial charge in [-0.3, -0.25) is 24.6 Å². The fourth-order valence-corrected chi connectivity index (χ4v) is 2.42. The zero-order chi connectivity index (χ0) is 24.1. The molecule has 0 bridgehead atoms. The van der Waals surface area contributed by atoms with E-state index >= 15 is 0 Å². The first-order valence-corrected chi connectivity index (χ1v) is 9.45. The summed E-state index contributed by atoms with van der Waals surface area (Å²) < 4.78 is 0. The molecule has 167 valence electrons. The van der Waals surface area contributed by atoms with Crippen molar-refractivity contribution in [3.63, 3.8) is 0 Å². The molecule has 2 rings (SSSR count). The average molecular weight is 429 g/mol. The number of carbonyl (C=O) groups is 1. The van der Waals surface area contributed by atoms with Gasteiger partial charge in [-0.15, -0.1) is 0 Å². The molecule has 0 spiro atoms. The van der Waals surface area contributed by atoms with Gasteiger partial charge in [0.25, 0.3) is 0 Å². The summed E-state index contributed by atoms with van der Waals surface area (Å²) in [6, 6.07) is 15.2. The van der Waals surface area contributed by atoms with Gasteiger partial charge in [-0.2, -0.15) is 0 Å². The Balaban J connectivity index is 0. The monoisotopic (exact) mass is 428 g/mol. The lowest BCUT2D eigenvalue weighted by Gasteiger charge is -2.18. The lowest BCUT2D eigenvalue weighted by atomic mass is 10.1. The normalized spacial score (nSPS) is 8.74. The Morgan fingerprint density at radius 2 is 1.55 bits per heavy atom. The summed E-state index contributed by atoms with van der Waals surface area (Å²) in [4.78, 5) is 31.9. The van der Waals surface area contributed by atoms with E-state index in [4.69, 9.17) is 15.4 Å². The first kappa shape index (κ1) is 29.4. The Hall–Kier alpha value is -3.77. The second-order valence-electron chi connectivity index (χ2n) is 5.95. The second-order valence-corrected chi connectivity index (χ2v) is 5.95. The molecule has 9 heteroatoms. The van der Waals surface area contributed by atoms with Crippen molar-refractivity contribution in [1.82, 2.24) is 4.90 Å². The van der Waals surface area contributed by atoms with Crippen LogP contribution >= 0.6 is 0 Å². The molecule has 0 unspecified atom stereocenters. The molecule has 0 heterocycles. The highest BCUT2D eigenvalue weighted by Crippen LogP contribution is 2.19. The van der Waals surface area contributed by atoms with Gasteiger partial charge in [0.15, 0.2) is 0 Å². The summed E-state index contributed by atoms with van der Waals surface area (Å²) in [5.41, 5.74) is 3.94. The van der Waals surface area contributed by atoms with Crippen LogP contribution in [0.25, 0.3) is 0 Å². The van der Waals surface area contributed by atoms with Crippen LogP contribution in [0.15, 0.2) is 48.5 Å². The average Bonchev–Trinajstić information content (AvgIpc) is 2.78. The topological polar surface area (TPSA) is 139 Å². The van der Waals surface area contributed by atoms with E-state index in [-0.39, 0.29) is 11.2 Å². The first-order chi connectivity index (χ1) is 14.9. The number of likely N-dealkylation sites (N-methyl/N-ethyl adjacent to an activating group) is 1. The fourth-order valence-electron chi connectivity index (χ4n) is 2.42. The van der Waals surface area contributed by atoms with Crippen molar-refractivity contribution in [1.29, 1.82) is 5.26 Å². The molecule has 0 fully saturated rings. The van der Waals surface area contributed by atoms with Gasteiger partial charge in [0.05, 0.1) is 6.54 Å². The minimum Gasteiger partial charge on any atom is -0.324 e. The third-order valence-corrected chi connectivity index (χ3v) is 3.98. The summed E-state index contributed by atoms with van der Waals surface area (Å²) >= 11 is 0. The molecule has 0 saturated carbocycles. The summed E-state index contributed by atoms with van der Waals surface area (Å²) in [6.45, 7) is 13.9. The molecule has 2 aromatic carbocycles. The highest BCUT2D eigenvalue weighted by molar-refractivity contribution is 5.93. The minimum absolute atomic E-state index is 0.0612. The summed E-state index contributed by atoms with van der Waals surface area (Å²) in [5.74, 6) is 0.0612. The predicted molar refractivity (Wildman–Crippen MR) is 122 cm³/mol. The summed E-state index contributed by atoms with van der Waals surface area (Å²) in [6.07, 6.45) is 1.58. The van der Waals surface area contributed by atoms with Gasteiger partial charge >= 0.3 is 6.41 Å². The van der Waals surface area contributed by atoms with E-state index in [1.54, 1.807) is 18.5 Å². The second kappa shape index (κ2) is 19.5. The van der Waals surface area contributed by atoms with Crippen LogP contribution in [0.3, 0.4) is 0 Å². The van der Waals surface area contributed by atoms with Crippen molar-refractivity contribution < 1.29 is 14.9 Å². The zero-order valence-corrected chi connectivity index (χ0v) is 18.3. The first-order valence-electron chi connectivity index (χ1n) is 9.45. The maximum atomic E-state index is 11.9. The Kier molecular flexibility index (Phi) is 18.6. The van der Waals surface area contributed by atoms with Crippen molar-refractivity contribution in [2.45, 2.75) is 27.7 Å². The Labute approximate surface area is 183 Å². The van der Waals surface area contributed by atoms with E-state index in [2.05, 4.69) is 36.0 Å². The minimum atomic E-state index is 0.0612.